The molecule has 0 aliphatic carbocycles. The van der Waals surface area contributed by atoms with E-state index in [4.69, 9.17) is 4.74 Å². The molecule has 0 bridgehead atoms. The molecule has 6 heteroatoms. The van der Waals surface area contributed by atoms with Crippen LogP contribution in [0.2, 0.25) is 0 Å². The van der Waals surface area contributed by atoms with Crippen molar-refractivity contribution in [2.24, 2.45) is 0 Å². The first-order valence-electron chi connectivity index (χ1n) is 6.15. The molecule has 0 unspecified atom stereocenters. The summed E-state index contributed by atoms with van der Waals surface area (Å²) in [6.07, 6.45) is 0. The van der Waals surface area contributed by atoms with E-state index in [1.807, 2.05) is 13.0 Å². The largest absolute Gasteiger partial charge is 0.492 e. The molecule has 108 valence electrons. The van der Waals surface area contributed by atoms with Crippen molar-refractivity contribution < 1.29 is 4.74 Å². The van der Waals surface area contributed by atoms with Crippen LogP contribution in [0.25, 0.3) is 0 Å². The first-order valence-corrected chi connectivity index (χ1v) is 9.41. The Balaban J connectivity index is 2.06. The highest BCUT2D eigenvalue weighted by Gasteiger charge is 2.10. The summed E-state index contributed by atoms with van der Waals surface area (Å²) in [7, 11) is 0. The topological polar surface area (TPSA) is 21.3 Å². The average molecular weight is 484 g/mol. The van der Waals surface area contributed by atoms with E-state index in [-0.39, 0.29) is 0 Å². The molecule has 0 saturated heterocycles. The van der Waals surface area contributed by atoms with Gasteiger partial charge in [-0.2, -0.15) is 0 Å². The molecular weight excluding hydrogens is 470 g/mol. The zero-order valence-corrected chi connectivity index (χ0v) is 16.5. The number of hydrogen-bond donors (Lipinski definition) is 1. The Kier molecular flexibility index (Phi) is 6.55. The van der Waals surface area contributed by atoms with E-state index >= 15 is 0 Å². The van der Waals surface area contributed by atoms with Gasteiger partial charge < -0.3 is 10.1 Å². The lowest BCUT2D eigenvalue weighted by Crippen LogP contribution is -2.13. The standard InChI is InChI=1S/C14H14Br3NOS/c1-2-19-14-9(5-10(15)6-12(14)17)7-18-8-13-11(16)3-4-20-13/h3-6,18H,2,7-8H2,1H3. The highest BCUT2D eigenvalue weighted by Crippen LogP contribution is 2.33. The first kappa shape index (κ1) is 16.5. The van der Waals surface area contributed by atoms with Crippen molar-refractivity contribution in [3.05, 3.63) is 47.4 Å². The molecule has 0 fully saturated rings. The van der Waals surface area contributed by atoms with Gasteiger partial charge in [-0.1, -0.05) is 15.9 Å². The Morgan fingerprint density at radius 1 is 1.15 bits per heavy atom. The summed E-state index contributed by atoms with van der Waals surface area (Å²) in [5, 5.41) is 5.54. The number of hydrogen-bond acceptors (Lipinski definition) is 3. The maximum Gasteiger partial charge on any atom is 0.138 e. The van der Waals surface area contributed by atoms with Crippen molar-refractivity contribution in [1.29, 1.82) is 0 Å². The van der Waals surface area contributed by atoms with Crippen molar-refractivity contribution >= 4 is 59.1 Å². The van der Waals surface area contributed by atoms with Crippen LogP contribution in [0.5, 0.6) is 5.75 Å². The van der Waals surface area contributed by atoms with Crippen molar-refractivity contribution in [2.45, 2.75) is 20.0 Å². The van der Waals surface area contributed by atoms with Gasteiger partial charge in [-0.3, -0.25) is 0 Å². The molecule has 2 rings (SSSR count). The Morgan fingerprint density at radius 2 is 1.95 bits per heavy atom. The lowest BCUT2D eigenvalue weighted by molar-refractivity contribution is 0.333. The molecule has 0 amide bonds. The number of ether oxygens (including phenoxy) is 1. The van der Waals surface area contributed by atoms with Gasteiger partial charge in [0.25, 0.3) is 0 Å². The fraction of sp³-hybridized carbons (Fsp3) is 0.286. The predicted molar refractivity (Wildman–Crippen MR) is 95.6 cm³/mol. The minimum absolute atomic E-state index is 0.656. The van der Waals surface area contributed by atoms with Gasteiger partial charge in [-0.05, 0) is 62.4 Å². The third-order valence-corrected chi connectivity index (χ3v) is 5.64. The van der Waals surface area contributed by atoms with Crippen molar-refractivity contribution in [1.82, 2.24) is 5.32 Å². The molecule has 0 aliphatic rings. The summed E-state index contributed by atoms with van der Waals surface area (Å²) >= 11 is 12.4. The fourth-order valence-electron chi connectivity index (χ4n) is 1.81. The third-order valence-electron chi connectivity index (χ3n) is 2.67. The van der Waals surface area contributed by atoms with Crippen LogP contribution in [-0.4, -0.2) is 6.61 Å². The number of halogens is 3. The van der Waals surface area contributed by atoms with E-state index in [0.717, 1.165) is 37.8 Å². The molecule has 2 aromatic rings. The minimum Gasteiger partial charge on any atom is -0.492 e. The van der Waals surface area contributed by atoms with Crippen LogP contribution in [0.1, 0.15) is 17.4 Å². The number of rotatable bonds is 6. The van der Waals surface area contributed by atoms with Crippen molar-refractivity contribution in [3.8, 4) is 5.75 Å². The second kappa shape index (κ2) is 7.94. The normalized spacial score (nSPS) is 10.8. The predicted octanol–water partition coefficient (Wildman–Crippen LogP) is 5.72. The lowest BCUT2D eigenvalue weighted by atomic mass is 10.2. The Hall–Kier alpha value is 0.120. The number of thiophene rings is 1. The van der Waals surface area contributed by atoms with Gasteiger partial charge in [0, 0.05) is 32.5 Å². The van der Waals surface area contributed by atoms with Gasteiger partial charge in [0.1, 0.15) is 5.75 Å². The summed E-state index contributed by atoms with van der Waals surface area (Å²) in [5.41, 5.74) is 1.14. The van der Waals surface area contributed by atoms with Crippen LogP contribution in [0.4, 0.5) is 0 Å². The van der Waals surface area contributed by atoms with Crippen LogP contribution in [-0.2, 0) is 13.1 Å². The second-order valence-electron chi connectivity index (χ2n) is 4.10. The molecule has 1 heterocycles. The summed E-state index contributed by atoms with van der Waals surface area (Å²) in [5.74, 6) is 0.911. The molecule has 1 aromatic heterocycles. The van der Waals surface area contributed by atoms with Gasteiger partial charge in [0.05, 0.1) is 11.1 Å². The van der Waals surface area contributed by atoms with Crippen LogP contribution in [0.15, 0.2) is 37.0 Å². The Labute approximate surface area is 148 Å². The van der Waals surface area contributed by atoms with E-state index in [1.165, 1.54) is 4.88 Å². The maximum atomic E-state index is 5.72. The molecular formula is C14H14Br3NOS. The van der Waals surface area contributed by atoms with Crippen LogP contribution < -0.4 is 10.1 Å². The summed E-state index contributed by atoms with van der Waals surface area (Å²) < 4.78 is 8.90. The fourth-order valence-corrected chi connectivity index (χ4v) is 4.70. The molecule has 2 nitrogen and oxygen atoms in total. The van der Waals surface area contributed by atoms with E-state index in [0.29, 0.717) is 6.61 Å². The maximum absolute atomic E-state index is 5.72. The molecule has 1 aromatic carbocycles. The van der Waals surface area contributed by atoms with Gasteiger partial charge in [0.2, 0.25) is 0 Å². The molecule has 0 spiro atoms. The Morgan fingerprint density at radius 3 is 2.60 bits per heavy atom. The first-order chi connectivity index (χ1) is 9.61. The van der Waals surface area contributed by atoms with E-state index in [1.54, 1.807) is 11.3 Å². The molecule has 0 atom stereocenters. The van der Waals surface area contributed by atoms with E-state index in [9.17, 15) is 0 Å². The van der Waals surface area contributed by atoms with Crippen LogP contribution in [0, 0.1) is 0 Å². The molecule has 20 heavy (non-hydrogen) atoms. The smallest absolute Gasteiger partial charge is 0.138 e. The number of nitrogens with one attached hydrogen (secondary N) is 1. The summed E-state index contributed by atoms with van der Waals surface area (Å²) in [6.45, 7) is 4.25. The monoisotopic (exact) mass is 481 g/mol. The molecule has 0 radical (unpaired) electrons. The van der Waals surface area contributed by atoms with Crippen molar-refractivity contribution in [3.63, 3.8) is 0 Å². The Bertz CT molecular complexity index is 586. The van der Waals surface area contributed by atoms with Crippen LogP contribution >= 0.6 is 59.1 Å². The molecule has 1 N–H and O–H groups in total. The van der Waals surface area contributed by atoms with Gasteiger partial charge in [-0.25, -0.2) is 0 Å². The van der Waals surface area contributed by atoms with Crippen LogP contribution in [0.3, 0.4) is 0 Å². The zero-order valence-electron chi connectivity index (χ0n) is 10.9. The average Bonchev–Trinajstić information content (AvgIpc) is 2.79. The van der Waals surface area contributed by atoms with Gasteiger partial charge in [-0.15, -0.1) is 11.3 Å². The minimum atomic E-state index is 0.656. The summed E-state index contributed by atoms with van der Waals surface area (Å²) in [6, 6.07) is 6.17. The van der Waals surface area contributed by atoms with E-state index in [2.05, 4.69) is 70.6 Å². The quantitative estimate of drug-likeness (QED) is 0.567. The third kappa shape index (κ3) is 4.31. The van der Waals surface area contributed by atoms with Gasteiger partial charge >= 0.3 is 0 Å². The molecule has 0 saturated carbocycles. The van der Waals surface area contributed by atoms with Gasteiger partial charge in [0.15, 0.2) is 0 Å². The summed E-state index contributed by atoms with van der Waals surface area (Å²) in [4.78, 5) is 1.30. The van der Waals surface area contributed by atoms with Crippen molar-refractivity contribution in [2.75, 3.05) is 6.61 Å². The highest BCUT2D eigenvalue weighted by atomic mass is 79.9. The molecule has 0 aliphatic heterocycles. The zero-order chi connectivity index (χ0) is 14.5. The lowest BCUT2D eigenvalue weighted by Gasteiger charge is -2.13. The highest BCUT2D eigenvalue weighted by molar-refractivity contribution is 9.11. The SMILES string of the molecule is CCOc1c(Br)cc(Br)cc1CNCc1sccc1Br. The van der Waals surface area contributed by atoms with E-state index < -0.39 is 0 Å². The number of benzene rings is 1. The second-order valence-corrected chi connectivity index (χ2v) is 7.73.